The Hall–Kier alpha value is -3.85. The van der Waals surface area contributed by atoms with Gasteiger partial charge in [0.05, 0.1) is 4.92 Å². The van der Waals surface area contributed by atoms with E-state index in [1.165, 1.54) is 30.3 Å². The summed E-state index contributed by atoms with van der Waals surface area (Å²) in [5.74, 6) is 0.262. The smallest absolute Gasteiger partial charge is 0.400 e. The summed E-state index contributed by atoms with van der Waals surface area (Å²) in [6, 6.07) is 12.1. The van der Waals surface area contributed by atoms with E-state index in [0.717, 1.165) is 11.1 Å². The molecular formula is C23H22ClN3O6. The lowest BCUT2D eigenvalue weighted by Crippen LogP contribution is -2.15. The molecule has 2 aromatic carbocycles. The van der Waals surface area contributed by atoms with Gasteiger partial charge in [0.25, 0.3) is 5.69 Å². The number of nitrogens with zero attached hydrogens (tertiary/aromatic N) is 2. The Morgan fingerprint density at radius 2 is 1.91 bits per heavy atom. The Balaban J connectivity index is 1.63. The number of benzene rings is 2. The Bertz CT molecular complexity index is 1200. The van der Waals surface area contributed by atoms with Crippen molar-refractivity contribution in [1.29, 1.82) is 0 Å². The van der Waals surface area contributed by atoms with Gasteiger partial charge in [-0.05, 0) is 60.4 Å². The highest BCUT2D eigenvalue weighted by atomic mass is 35.5. The number of aryl methyl sites for hydroxylation is 1. The molecule has 0 radical (unpaired) electrons. The molecule has 0 aliphatic heterocycles. The third-order valence-electron chi connectivity index (χ3n) is 4.75. The van der Waals surface area contributed by atoms with Gasteiger partial charge in [0.2, 0.25) is 5.76 Å². The second kappa shape index (κ2) is 10.2. The minimum Gasteiger partial charge on any atom is -0.485 e. The van der Waals surface area contributed by atoms with Crippen LogP contribution in [0.25, 0.3) is 0 Å². The Labute approximate surface area is 194 Å². The maximum atomic E-state index is 12.2. The van der Waals surface area contributed by atoms with E-state index >= 15 is 0 Å². The maximum absolute atomic E-state index is 12.2. The van der Waals surface area contributed by atoms with Crippen LogP contribution < -0.4 is 10.5 Å². The average molecular weight is 472 g/mol. The maximum Gasteiger partial charge on any atom is 0.400 e. The van der Waals surface area contributed by atoms with Crippen molar-refractivity contribution in [2.45, 2.75) is 33.3 Å². The zero-order chi connectivity index (χ0) is 24.1. The highest BCUT2D eigenvalue weighted by Gasteiger charge is 2.16. The summed E-state index contributed by atoms with van der Waals surface area (Å²) in [6.45, 7) is 6.07. The summed E-state index contributed by atoms with van der Waals surface area (Å²) in [7, 11) is 0. The normalized spacial score (nSPS) is 11.5. The summed E-state index contributed by atoms with van der Waals surface area (Å²) in [5.41, 5.74) is 7.89. The van der Waals surface area contributed by atoms with Crippen LogP contribution in [0.1, 0.15) is 52.8 Å². The van der Waals surface area contributed by atoms with Gasteiger partial charge in [0, 0.05) is 22.7 Å². The van der Waals surface area contributed by atoms with Crippen LogP contribution >= 0.6 is 11.6 Å². The van der Waals surface area contributed by atoms with Crippen LogP contribution in [0, 0.1) is 17.0 Å². The third kappa shape index (κ3) is 5.89. The number of oxime groups is 1. The van der Waals surface area contributed by atoms with Crippen LogP contribution in [0.4, 0.5) is 5.69 Å². The minimum absolute atomic E-state index is 0.0785. The molecule has 1 aromatic heterocycles. The number of furan rings is 1. The molecule has 3 rings (SSSR count). The van der Waals surface area contributed by atoms with Crippen LogP contribution in [-0.2, 0) is 11.4 Å². The Morgan fingerprint density at radius 1 is 1.21 bits per heavy atom. The topological polar surface area (TPSA) is 130 Å². The fraction of sp³-hybridized carbons (Fsp3) is 0.217. The number of hydrogen-bond donors (Lipinski definition) is 1. The molecule has 1 heterocycles. The summed E-state index contributed by atoms with van der Waals surface area (Å²) >= 11 is 6.22. The molecule has 0 bridgehead atoms. The zero-order valence-electron chi connectivity index (χ0n) is 18.2. The van der Waals surface area contributed by atoms with Gasteiger partial charge >= 0.3 is 5.97 Å². The molecule has 0 spiro atoms. The standard InChI is InChI=1S/C23H22ClN3O6/c1-13(2)18-11-19(24)14(3)10-21(18)31-12-17-8-9-20(32-17)23(28)33-26-22(25)15-4-6-16(7-5-15)27(29)30/h4-11,13H,12H2,1-3H3,(H2,25,26). The van der Waals surface area contributed by atoms with Crippen molar-refractivity contribution >= 4 is 29.1 Å². The van der Waals surface area contributed by atoms with Crippen LogP contribution in [0.3, 0.4) is 0 Å². The first kappa shape index (κ1) is 23.8. The number of carbonyl (C=O) groups excluding carboxylic acids is 1. The highest BCUT2D eigenvalue weighted by molar-refractivity contribution is 6.31. The number of nitrogens with two attached hydrogens (primary N) is 1. The number of carbonyl (C=O) groups is 1. The number of nitro groups is 1. The van der Waals surface area contributed by atoms with Crippen LogP contribution in [0.5, 0.6) is 5.75 Å². The van der Waals surface area contributed by atoms with Gasteiger partial charge in [0.1, 0.15) is 18.1 Å². The van der Waals surface area contributed by atoms with E-state index in [0.29, 0.717) is 22.1 Å². The van der Waals surface area contributed by atoms with Crippen molar-refractivity contribution in [3.05, 3.63) is 91.9 Å². The second-order valence-electron chi connectivity index (χ2n) is 7.51. The van der Waals surface area contributed by atoms with Crippen molar-refractivity contribution in [3.8, 4) is 5.75 Å². The lowest BCUT2D eigenvalue weighted by Gasteiger charge is -2.15. The van der Waals surface area contributed by atoms with Crippen molar-refractivity contribution in [3.63, 3.8) is 0 Å². The molecule has 9 nitrogen and oxygen atoms in total. The van der Waals surface area contributed by atoms with E-state index < -0.39 is 10.9 Å². The van der Waals surface area contributed by atoms with Crippen molar-refractivity contribution in [2.75, 3.05) is 0 Å². The van der Waals surface area contributed by atoms with Crippen molar-refractivity contribution in [1.82, 2.24) is 0 Å². The largest absolute Gasteiger partial charge is 0.485 e. The average Bonchev–Trinajstić information content (AvgIpc) is 3.26. The monoisotopic (exact) mass is 471 g/mol. The fourth-order valence-corrected chi connectivity index (χ4v) is 3.07. The minimum atomic E-state index is -0.851. The summed E-state index contributed by atoms with van der Waals surface area (Å²) < 4.78 is 11.4. The molecule has 0 aliphatic rings. The first-order valence-electron chi connectivity index (χ1n) is 9.97. The molecule has 0 aliphatic carbocycles. The second-order valence-corrected chi connectivity index (χ2v) is 7.92. The van der Waals surface area contributed by atoms with Crippen molar-refractivity contribution < 1.29 is 23.7 Å². The van der Waals surface area contributed by atoms with E-state index in [1.54, 1.807) is 6.07 Å². The number of rotatable bonds is 8. The molecule has 0 fully saturated rings. The molecule has 0 saturated carbocycles. The van der Waals surface area contributed by atoms with Crippen LogP contribution in [0.2, 0.25) is 5.02 Å². The lowest BCUT2D eigenvalue weighted by molar-refractivity contribution is -0.384. The first-order valence-corrected chi connectivity index (χ1v) is 10.3. The fourth-order valence-electron chi connectivity index (χ4n) is 2.90. The highest BCUT2D eigenvalue weighted by Crippen LogP contribution is 2.32. The van der Waals surface area contributed by atoms with E-state index in [2.05, 4.69) is 5.16 Å². The predicted molar refractivity (Wildman–Crippen MR) is 123 cm³/mol. The zero-order valence-corrected chi connectivity index (χ0v) is 19.0. The molecule has 0 atom stereocenters. The number of hydrogen-bond acceptors (Lipinski definition) is 7. The van der Waals surface area contributed by atoms with Gasteiger partial charge in [-0.15, -0.1) is 0 Å². The SMILES string of the molecule is Cc1cc(OCc2ccc(C(=O)O/N=C(\N)c3ccc([N+](=O)[O-])cc3)o2)c(C(C)C)cc1Cl. The van der Waals surface area contributed by atoms with Gasteiger partial charge in [-0.25, -0.2) is 4.79 Å². The van der Waals surface area contributed by atoms with Gasteiger partial charge in [-0.3, -0.25) is 10.1 Å². The number of amidine groups is 1. The predicted octanol–water partition coefficient (Wildman–Crippen LogP) is 5.33. The molecule has 10 heteroatoms. The Kier molecular flexibility index (Phi) is 7.34. The van der Waals surface area contributed by atoms with Gasteiger partial charge in [-0.1, -0.05) is 30.6 Å². The van der Waals surface area contributed by atoms with E-state index in [9.17, 15) is 14.9 Å². The van der Waals surface area contributed by atoms with Crippen LogP contribution in [0.15, 0.2) is 58.1 Å². The van der Waals surface area contributed by atoms with E-state index in [-0.39, 0.29) is 29.8 Å². The Morgan fingerprint density at radius 3 is 2.55 bits per heavy atom. The van der Waals surface area contributed by atoms with Gasteiger partial charge in [-0.2, -0.15) is 0 Å². The lowest BCUT2D eigenvalue weighted by atomic mass is 10.0. The molecule has 3 aromatic rings. The quantitative estimate of drug-likeness (QED) is 0.154. The van der Waals surface area contributed by atoms with Crippen LogP contribution in [-0.4, -0.2) is 16.7 Å². The molecular weight excluding hydrogens is 450 g/mol. The van der Waals surface area contributed by atoms with Crippen molar-refractivity contribution in [2.24, 2.45) is 10.9 Å². The number of nitro benzene ring substituents is 1. The van der Waals surface area contributed by atoms with Gasteiger partial charge < -0.3 is 19.7 Å². The summed E-state index contributed by atoms with van der Waals surface area (Å²) in [4.78, 5) is 27.2. The number of ether oxygens (including phenoxy) is 1. The third-order valence-corrected chi connectivity index (χ3v) is 5.15. The van der Waals surface area contributed by atoms with Gasteiger partial charge in [0.15, 0.2) is 5.84 Å². The molecule has 0 amide bonds. The first-order chi connectivity index (χ1) is 15.7. The summed E-state index contributed by atoms with van der Waals surface area (Å²) in [5, 5.41) is 14.9. The van der Waals surface area contributed by atoms with E-state index in [4.69, 9.17) is 31.3 Å². The molecule has 0 saturated heterocycles. The number of non-ortho nitro benzene ring substituents is 1. The molecule has 0 unspecified atom stereocenters. The number of halogens is 1. The molecule has 2 N–H and O–H groups in total. The molecule has 172 valence electrons. The van der Waals surface area contributed by atoms with E-state index in [1.807, 2.05) is 32.9 Å². The molecule has 33 heavy (non-hydrogen) atoms. The summed E-state index contributed by atoms with van der Waals surface area (Å²) in [6.07, 6.45) is 0.